The summed E-state index contributed by atoms with van der Waals surface area (Å²) in [5.41, 5.74) is 6.42. The van der Waals surface area contributed by atoms with E-state index < -0.39 is 10.0 Å². The summed E-state index contributed by atoms with van der Waals surface area (Å²) >= 11 is 0. The molecule has 1 aromatic heterocycles. The fourth-order valence-corrected chi connectivity index (χ4v) is 4.81. The molecule has 1 aliphatic carbocycles. The lowest BCUT2D eigenvalue weighted by molar-refractivity contribution is 0.353. The summed E-state index contributed by atoms with van der Waals surface area (Å²) in [6.45, 7) is 3.29. The van der Waals surface area contributed by atoms with Crippen LogP contribution in [0.25, 0.3) is 0 Å². The van der Waals surface area contributed by atoms with Gasteiger partial charge in [-0.2, -0.15) is 9.40 Å². The van der Waals surface area contributed by atoms with Crippen LogP contribution in [-0.2, 0) is 10.0 Å². The van der Waals surface area contributed by atoms with E-state index in [2.05, 4.69) is 10.2 Å². The SMILES string of the molecule is Cc1n[nH]c(C)c1S(=O)(=O)N(CC(=N)N)C1CCCC1. The largest absolute Gasteiger partial charge is 0.387 e. The number of amidine groups is 1. The molecule has 1 heterocycles. The van der Waals surface area contributed by atoms with Gasteiger partial charge in [0.1, 0.15) is 10.7 Å². The maximum absolute atomic E-state index is 12.9. The molecule has 0 atom stereocenters. The lowest BCUT2D eigenvalue weighted by Crippen LogP contribution is -2.44. The predicted octanol–water partition coefficient (Wildman–Crippen LogP) is 0.896. The minimum atomic E-state index is -3.68. The van der Waals surface area contributed by atoms with E-state index in [1.54, 1.807) is 13.8 Å². The Kier molecular flexibility index (Phi) is 4.14. The number of aromatic nitrogens is 2. The molecule has 0 amide bonds. The van der Waals surface area contributed by atoms with Gasteiger partial charge in [0.05, 0.1) is 17.9 Å². The van der Waals surface area contributed by atoms with E-state index in [-0.39, 0.29) is 23.3 Å². The van der Waals surface area contributed by atoms with Crippen molar-refractivity contribution in [2.75, 3.05) is 6.54 Å². The molecule has 1 aliphatic rings. The zero-order valence-electron chi connectivity index (χ0n) is 11.8. The van der Waals surface area contributed by atoms with Crippen molar-refractivity contribution in [1.29, 1.82) is 5.41 Å². The molecule has 4 N–H and O–H groups in total. The van der Waals surface area contributed by atoms with Crippen molar-refractivity contribution in [2.24, 2.45) is 5.73 Å². The van der Waals surface area contributed by atoms with Crippen LogP contribution in [0.5, 0.6) is 0 Å². The highest BCUT2D eigenvalue weighted by atomic mass is 32.2. The van der Waals surface area contributed by atoms with E-state index in [0.717, 1.165) is 25.7 Å². The first-order valence-electron chi connectivity index (χ1n) is 6.70. The molecule has 7 nitrogen and oxygen atoms in total. The average molecular weight is 299 g/mol. The van der Waals surface area contributed by atoms with E-state index in [1.807, 2.05) is 0 Å². The topological polar surface area (TPSA) is 116 Å². The zero-order valence-corrected chi connectivity index (χ0v) is 12.6. The van der Waals surface area contributed by atoms with Crippen molar-refractivity contribution in [2.45, 2.75) is 50.5 Å². The van der Waals surface area contributed by atoms with Gasteiger partial charge < -0.3 is 5.73 Å². The summed E-state index contributed by atoms with van der Waals surface area (Å²) in [6.07, 6.45) is 3.67. The third-order valence-corrected chi connectivity index (χ3v) is 5.85. The predicted molar refractivity (Wildman–Crippen MR) is 76.1 cm³/mol. The number of nitrogens with zero attached hydrogens (tertiary/aromatic N) is 2. The first-order valence-corrected chi connectivity index (χ1v) is 8.14. The molecule has 0 spiro atoms. The van der Waals surface area contributed by atoms with Gasteiger partial charge >= 0.3 is 0 Å². The molecule has 2 rings (SSSR count). The van der Waals surface area contributed by atoms with Crippen LogP contribution in [0.1, 0.15) is 37.1 Å². The summed E-state index contributed by atoms with van der Waals surface area (Å²) in [4.78, 5) is 0.214. The van der Waals surface area contributed by atoms with E-state index in [0.29, 0.717) is 11.4 Å². The summed E-state index contributed by atoms with van der Waals surface area (Å²) in [5.74, 6) is -0.140. The maximum atomic E-state index is 12.9. The molecule has 1 aromatic rings. The van der Waals surface area contributed by atoms with Gasteiger partial charge in [0.25, 0.3) is 0 Å². The lowest BCUT2D eigenvalue weighted by atomic mass is 10.2. The molecule has 0 radical (unpaired) electrons. The van der Waals surface area contributed by atoms with Gasteiger partial charge in [-0.1, -0.05) is 12.8 Å². The Morgan fingerprint density at radius 1 is 1.45 bits per heavy atom. The number of nitrogens with one attached hydrogen (secondary N) is 2. The van der Waals surface area contributed by atoms with Crippen LogP contribution in [0.15, 0.2) is 4.90 Å². The average Bonchev–Trinajstić information content (AvgIpc) is 2.96. The first-order chi connectivity index (χ1) is 9.34. The van der Waals surface area contributed by atoms with Crippen molar-refractivity contribution in [1.82, 2.24) is 14.5 Å². The highest BCUT2D eigenvalue weighted by Crippen LogP contribution is 2.30. The Morgan fingerprint density at radius 3 is 2.50 bits per heavy atom. The highest BCUT2D eigenvalue weighted by molar-refractivity contribution is 7.89. The number of aryl methyl sites for hydroxylation is 2. The first kappa shape index (κ1) is 15.0. The van der Waals surface area contributed by atoms with Crippen molar-refractivity contribution in [3.8, 4) is 0 Å². The Bertz CT molecular complexity index is 582. The quantitative estimate of drug-likeness (QED) is 0.553. The molecule has 0 bridgehead atoms. The van der Waals surface area contributed by atoms with Crippen LogP contribution in [-0.4, -0.2) is 41.3 Å². The second-order valence-electron chi connectivity index (χ2n) is 5.28. The van der Waals surface area contributed by atoms with E-state index in [4.69, 9.17) is 11.1 Å². The van der Waals surface area contributed by atoms with Gasteiger partial charge in [-0.3, -0.25) is 10.5 Å². The summed E-state index contributed by atoms with van der Waals surface area (Å²) in [7, 11) is -3.68. The van der Waals surface area contributed by atoms with E-state index >= 15 is 0 Å². The number of hydrogen-bond acceptors (Lipinski definition) is 4. The third-order valence-electron chi connectivity index (χ3n) is 3.69. The summed E-state index contributed by atoms with van der Waals surface area (Å²) in [5, 5.41) is 14.1. The Hall–Kier alpha value is -1.41. The third kappa shape index (κ3) is 2.71. The molecule has 20 heavy (non-hydrogen) atoms. The normalized spacial score (nSPS) is 16.9. The standard InChI is InChI=1S/C12H21N5O2S/c1-8-12(9(2)16-15-8)20(18,19)17(7-11(13)14)10-5-3-4-6-10/h10H,3-7H2,1-2H3,(H3,13,14)(H,15,16). The van der Waals surface area contributed by atoms with Gasteiger partial charge in [0.15, 0.2) is 0 Å². The maximum Gasteiger partial charge on any atom is 0.247 e. The molecule has 0 aliphatic heterocycles. The molecule has 0 saturated heterocycles. The van der Waals surface area contributed by atoms with E-state index in [9.17, 15) is 8.42 Å². The minimum Gasteiger partial charge on any atom is -0.387 e. The Morgan fingerprint density at radius 2 is 2.05 bits per heavy atom. The minimum absolute atomic E-state index is 0.0585. The molecule has 0 aromatic carbocycles. The Labute approximate surface area is 119 Å². The molecule has 8 heteroatoms. The van der Waals surface area contributed by atoms with Crippen LogP contribution in [0.4, 0.5) is 0 Å². The molecule has 1 fully saturated rings. The second kappa shape index (κ2) is 5.53. The van der Waals surface area contributed by atoms with Crippen molar-refractivity contribution >= 4 is 15.9 Å². The van der Waals surface area contributed by atoms with Crippen LogP contribution < -0.4 is 5.73 Å². The molecular formula is C12H21N5O2S. The molecule has 112 valence electrons. The Balaban J connectivity index is 2.43. The molecule has 0 unspecified atom stereocenters. The number of rotatable bonds is 5. The van der Waals surface area contributed by atoms with Crippen molar-refractivity contribution in [3.63, 3.8) is 0 Å². The smallest absolute Gasteiger partial charge is 0.247 e. The van der Waals surface area contributed by atoms with Gasteiger partial charge in [-0.25, -0.2) is 8.42 Å². The summed E-state index contributed by atoms with van der Waals surface area (Å²) < 4.78 is 27.1. The molecule has 1 saturated carbocycles. The number of H-pyrrole nitrogens is 1. The van der Waals surface area contributed by atoms with Crippen LogP contribution >= 0.6 is 0 Å². The second-order valence-corrected chi connectivity index (χ2v) is 7.10. The number of aromatic amines is 1. The van der Waals surface area contributed by atoms with E-state index in [1.165, 1.54) is 4.31 Å². The number of hydrogen-bond donors (Lipinski definition) is 3. The summed E-state index contributed by atoms with van der Waals surface area (Å²) in [6, 6.07) is -0.0717. The van der Waals surface area contributed by atoms with Crippen molar-refractivity contribution in [3.05, 3.63) is 11.4 Å². The monoisotopic (exact) mass is 299 g/mol. The van der Waals surface area contributed by atoms with Gasteiger partial charge in [-0.15, -0.1) is 0 Å². The van der Waals surface area contributed by atoms with Gasteiger partial charge in [-0.05, 0) is 26.7 Å². The van der Waals surface area contributed by atoms with Gasteiger partial charge in [0, 0.05) is 6.04 Å². The fourth-order valence-electron chi connectivity index (χ4n) is 2.81. The molecular weight excluding hydrogens is 278 g/mol. The number of nitrogens with two attached hydrogens (primary N) is 1. The highest BCUT2D eigenvalue weighted by Gasteiger charge is 2.36. The van der Waals surface area contributed by atoms with Gasteiger partial charge in [0.2, 0.25) is 10.0 Å². The fraction of sp³-hybridized carbons (Fsp3) is 0.667. The van der Waals surface area contributed by atoms with Crippen LogP contribution in [0, 0.1) is 19.3 Å². The van der Waals surface area contributed by atoms with Crippen LogP contribution in [0.3, 0.4) is 0 Å². The number of sulfonamides is 1. The van der Waals surface area contributed by atoms with Crippen molar-refractivity contribution < 1.29 is 8.42 Å². The van der Waals surface area contributed by atoms with Crippen LogP contribution in [0.2, 0.25) is 0 Å². The lowest BCUT2D eigenvalue weighted by Gasteiger charge is -2.27. The zero-order chi connectivity index (χ0) is 14.9.